The minimum atomic E-state index is -0.0609. The highest BCUT2D eigenvalue weighted by Gasteiger charge is 2.61. The number of carbonyl (C=O) groups excluding carboxylic acids is 1. The molecule has 3 atom stereocenters. The fraction of sp³-hybridized carbons (Fsp3) is 0.381. The van der Waals surface area contributed by atoms with Crippen molar-refractivity contribution in [3.63, 3.8) is 0 Å². The van der Waals surface area contributed by atoms with E-state index in [1.165, 1.54) is 22.3 Å². The van der Waals surface area contributed by atoms with Crippen LogP contribution in [0.3, 0.4) is 0 Å². The first-order valence-electron chi connectivity index (χ1n) is 8.76. The first-order chi connectivity index (χ1) is 11.5. The molecule has 124 valence electrons. The molecule has 2 aromatic carbocycles. The van der Waals surface area contributed by atoms with Crippen LogP contribution < -0.4 is 5.32 Å². The number of nitrogens with zero attached hydrogens (tertiary/aromatic N) is 1. The van der Waals surface area contributed by atoms with Gasteiger partial charge in [-0.2, -0.15) is 0 Å². The van der Waals surface area contributed by atoms with Crippen molar-refractivity contribution in [2.75, 3.05) is 20.1 Å². The van der Waals surface area contributed by atoms with E-state index in [9.17, 15) is 4.79 Å². The van der Waals surface area contributed by atoms with Gasteiger partial charge in [-0.1, -0.05) is 48.5 Å². The Balaban J connectivity index is 1.87. The van der Waals surface area contributed by atoms with Crippen LogP contribution in [-0.4, -0.2) is 30.5 Å². The SMILES string of the molecule is CC(=O)NCC[N@+]1(C)[C@H]2Cc3ccccc3[C@]1(C)c1ccccc12. The van der Waals surface area contributed by atoms with Crippen molar-refractivity contribution >= 4 is 5.91 Å². The molecule has 2 aromatic rings. The number of fused-ring (bicyclic) bond motifs is 7. The average molecular weight is 321 g/mol. The van der Waals surface area contributed by atoms with Gasteiger partial charge in [-0.3, -0.25) is 4.79 Å². The molecule has 1 N–H and O–H groups in total. The lowest BCUT2D eigenvalue weighted by Crippen LogP contribution is -2.61. The average Bonchev–Trinajstić information content (AvgIpc) is 2.68. The van der Waals surface area contributed by atoms with Crippen molar-refractivity contribution in [3.05, 3.63) is 70.8 Å². The third-order valence-electron chi connectivity index (χ3n) is 6.46. The van der Waals surface area contributed by atoms with Crippen LogP contribution in [0.4, 0.5) is 0 Å². The van der Waals surface area contributed by atoms with Gasteiger partial charge in [-0.25, -0.2) is 0 Å². The first-order valence-corrected chi connectivity index (χ1v) is 8.76. The second-order valence-electron chi connectivity index (χ2n) is 7.51. The lowest BCUT2D eigenvalue weighted by atomic mass is 9.78. The summed E-state index contributed by atoms with van der Waals surface area (Å²) in [5.41, 5.74) is 5.77. The van der Waals surface area contributed by atoms with Crippen molar-refractivity contribution < 1.29 is 9.28 Å². The molecule has 0 spiro atoms. The molecular formula is C21H25N2O+. The highest BCUT2D eigenvalue weighted by atomic mass is 16.1. The van der Waals surface area contributed by atoms with Gasteiger partial charge in [0.2, 0.25) is 5.91 Å². The van der Waals surface area contributed by atoms with Crippen molar-refractivity contribution in [2.24, 2.45) is 0 Å². The monoisotopic (exact) mass is 321 g/mol. The van der Waals surface area contributed by atoms with E-state index in [2.05, 4.69) is 67.8 Å². The van der Waals surface area contributed by atoms with E-state index < -0.39 is 0 Å². The van der Waals surface area contributed by atoms with Crippen molar-refractivity contribution in [1.82, 2.24) is 5.32 Å². The van der Waals surface area contributed by atoms with E-state index >= 15 is 0 Å². The lowest BCUT2D eigenvalue weighted by molar-refractivity contribution is -0.980. The number of nitrogens with one attached hydrogen (secondary N) is 1. The summed E-state index contributed by atoms with van der Waals surface area (Å²) in [5.74, 6) is 0.0500. The van der Waals surface area contributed by atoms with Crippen LogP contribution in [0.5, 0.6) is 0 Å². The number of carbonyl (C=O) groups is 1. The van der Waals surface area contributed by atoms with Gasteiger partial charge in [0, 0.05) is 30.0 Å². The molecule has 0 saturated carbocycles. The van der Waals surface area contributed by atoms with Gasteiger partial charge in [0.15, 0.2) is 0 Å². The van der Waals surface area contributed by atoms with Crippen molar-refractivity contribution in [1.29, 1.82) is 0 Å². The lowest BCUT2D eigenvalue weighted by Gasteiger charge is -2.52. The smallest absolute Gasteiger partial charge is 0.217 e. The zero-order valence-corrected chi connectivity index (χ0v) is 14.7. The summed E-state index contributed by atoms with van der Waals surface area (Å²) in [6.07, 6.45) is 1.07. The molecule has 0 fully saturated rings. The van der Waals surface area contributed by atoms with E-state index in [0.717, 1.165) is 17.4 Å². The van der Waals surface area contributed by atoms with Crippen molar-refractivity contribution in [3.8, 4) is 0 Å². The summed E-state index contributed by atoms with van der Waals surface area (Å²) >= 11 is 0. The molecule has 3 heteroatoms. The molecule has 0 unspecified atom stereocenters. The number of rotatable bonds is 3. The summed E-state index contributed by atoms with van der Waals surface area (Å²) in [6.45, 7) is 5.63. The molecule has 0 aliphatic carbocycles. The number of hydrogen-bond acceptors (Lipinski definition) is 1. The Hall–Kier alpha value is -2.13. The maximum atomic E-state index is 11.3. The highest BCUT2D eigenvalue weighted by Crippen LogP contribution is 2.59. The third-order valence-corrected chi connectivity index (χ3v) is 6.46. The molecule has 4 rings (SSSR count). The van der Waals surface area contributed by atoms with Crippen molar-refractivity contribution in [2.45, 2.75) is 31.8 Å². The molecule has 0 aromatic heterocycles. The van der Waals surface area contributed by atoms with Gasteiger partial charge < -0.3 is 9.80 Å². The maximum Gasteiger partial charge on any atom is 0.217 e. The second kappa shape index (κ2) is 5.18. The zero-order valence-electron chi connectivity index (χ0n) is 14.7. The molecule has 2 bridgehead atoms. The normalized spacial score (nSPS) is 29.7. The first kappa shape index (κ1) is 15.4. The number of quaternary nitrogens is 1. The zero-order chi connectivity index (χ0) is 16.9. The highest BCUT2D eigenvalue weighted by molar-refractivity contribution is 5.72. The minimum absolute atomic E-state index is 0.0500. The van der Waals surface area contributed by atoms with E-state index in [4.69, 9.17) is 0 Å². The standard InChI is InChI=1S/C21H24N2O/c1-15(24)22-12-13-23(3)20-14-16-8-4-6-10-18(16)21(23,2)19-11-7-5-9-17(19)20/h4-11,20H,12-14H2,1-3H3/p+1/t20-,21+,23+/m0/s1. The van der Waals surface area contributed by atoms with Crippen LogP contribution in [-0.2, 0) is 16.8 Å². The van der Waals surface area contributed by atoms with E-state index in [0.29, 0.717) is 12.6 Å². The van der Waals surface area contributed by atoms with Gasteiger partial charge in [0.05, 0.1) is 20.1 Å². The summed E-state index contributed by atoms with van der Waals surface area (Å²) in [5, 5.41) is 3.00. The maximum absolute atomic E-state index is 11.3. The number of hydrogen-bond donors (Lipinski definition) is 1. The fourth-order valence-electron chi connectivity index (χ4n) is 5.08. The van der Waals surface area contributed by atoms with Gasteiger partial charge in [0.25, 0.3) is 0 Å². The molecule has 0 saturated heterocycles. The molecule has 1 amide bonds. The second-order valence-corrected chi connectivity index (χ2v) is 7.51. The Morgan fingerprint density at radius 3 is 2.58 bits per heavy atom. The molecule has 2 heterocycles. The molecule has 24 heavy (non-hydrogen) atoms. The molecule has 0 radical (unpaired) electrons. The van der Waals surface area contributed by atoms with Crippen LogP contribution >= 0.6 is 0 Å². The molecule has 2 aliphatic rings. The summed E-state index contributed by atoms with van der Waals surface area (Å²) in [7, 11) is 2.36. The topological polar surface area (TPSA) is 29.1 Å². The van der Waals surface area contributed by atoms with Crippen LogP contribution in [0.15, 0.2) is 48.5 Å². The summed E-state index contributed by atoms with van der Waals surface area (Å²) in [6, 6.07) is 18.2. The molecular weight excluding hydrogens is 296 g/mol. The summed E-state index contributed by atoms with van der Waals surface area (Å²) in [4.78, 5) is 11.3. The Morgan fingerprint density at radius 2 is 1.83 bits per heavy atom. The molecule has 2 aliphatic heterocycles. The Kier molecular flexibility index (Phi) is 3.33. The molecule has 3 nitrogen and oxygen atoms in total. The quantitative estimate of drug-likeness (QED) is 0.865. The number of benzene rings is 2. The van der Waals surface area contributed by atoms with Gasteiger partial charge >= 0.3 is 0 Å². The van der Waals surface area contributed by atoms with Crippen LogP contribution in [0.1, 0.15) is 42.1 Å². The Bertz CT molecular complexity index is 802. The predicted molar refractivity (Wildman–Crippen MR) is 95.5 cm³/mol. The largest absolute Gasteiger partial charge is 0.351 e. The van der Waals surface area contributed by atoms with Gasteiger partial charge in [-0.05, 0) is 12.5 Å². The minimum Gasteiger partial charge on any atom is -0.351 e. The summed E-state index contributed by atoms with van der Waals surface area (Å²) < 4.78 is 0.934. The van der Waals surface area contributed by atoms with Gasteiger partial charge in [-0.15, -0.1) is 0 Å². The number of likely N-dealkylation sites (N-methyl/N-ethyl adjacent to an activating group) is 1. The fourth-order valence-corrected chi connectivity index (χ4v) is 5.08. The predicted octanol–water partition coefficient (Wildman–Crippen LogP) is 3.14. The van der Waals surface area contributed by atoms with E-state index in [1.807, 2.05) is 0 Å². The van der Waals surface area contributed by atoms with Crippen LogP contribution in [0.25, 0.3) is 0 Å². The number of amides is 1. The van der Waals surface area contributed by atoms with Crippen LogP contribution in [0.2, 0.25) is 0 Å². The van der Waals surface area contributed by atoms with Crippen LogP contribution in [0, 0.1) is 0 Å². The van der Waals surface area contributed by atoms with Gasteiger partial charge in [0.1, 0.15) is 11.6 Å². The Labute approximate surface area is 143 Å². The third kappa shape index (κ3) is 1.85. The van der Waals surface area contributed by atoms with E-state index in [1.54, 1.807) is 6.92 Å². The van der Waals surface area contributed by atoms with E-state index in [-0.39, 0.29) is 11.4 Å². The Morgan fingerprint density at radius 1 is 1.17 bits per heavy atom.